The second kappa shape index (κ2) is 6.38. The Kier molecular flexibility index (Phi) is 4.82. The van der Waals surface area contributed by atoms with Crippen molar-refractivity contribution in [3.05, 3.63) is 22.4 Å². The molecule has 1 saturated carbocycles. The van der Waals surface area contributed by atoms with Crippen molar-refractivity contribution in [3.63, 3.8) is 0 Å². The fourth-order valence-electron chi connectivity index (χ4n) is 2.74. The highest BCUT2D eigenvalue weighted by Crippen LogP contribution is 2.28. The summed E-state index contributed by atoms with van der Waals surface area (Å²) in [6, 6.07) is 4.87. The van der Waals surface area contributed by atoms with Crippen LogP contribution >= 0.6 is 11.3 Å². The monoisotopic (exact) mass is 238 g/mol. The molecule has 1 atom stereocenters. The summed E-state index contributed by atoms with van der Waals surface area (Å²) in [5, 5.41) is 2.15. The fraction of sp³-hybridized carbons (Fsp3) is 0.692. The molecule has 0 amide bonds. The van der Waals surface area contributed by atoms with Crippen LogP contribution < -0.4 is 11.3 Å². The fourth-order valence-corrected chi connectivity index (χ4v) is 3.47. The zero-order chi connectivity index (χ0) is 11.2. The molecule has 0 radical (unpaired) electrons. The molecule has 1 aliphatic rings. The maximum atomic E-state index is 5.70. The van der Waals surface area contributed by atoms with Crippen molar-refractivity contribution >= 4 is 11.3 Å². The van der Waals surface area contributed by atoms with Crippen LogP contribution in [0.25, 0.3) is 0 Å². The predicted octanol–water partition coefficient (Wildman–Crippen LogP) is 3.09. The van der Waals surface area contributed by atoms with Gasteiger partial charge in [-0.15, -0.1) is 11.3 Å². The largest absolute Gasteiger partial charge is 0.271 e. The normalized spacial score (nSPS) is 19.8. The van der Waals surface area contributed by atoms with E-state index in [0.29, 0.717) is 6.04 Å². The highest BCUT2D eigenvalue weighted by Gasteiger charge is 2.22. The summed E-state index contributed by atoms with van der Waals surface area (Å²) in [4.78, 5) is 1.48. The van der Waals surface area contributed by atoms with Gasteiger partial charge in [0.05, 0.1) is 0 Å². The van der Waals surface area contributed by atoms with Gasteiger partial charge in [0.25, 0.3) is 0 Å². The summed E-state index contributed by atoms with van der Waals surface area (Å²) < 4.78 is 0. The molecular formula is C13H22N2S. The minimum Gasteiger partial charge on any atom is -0.271 e. The molecule has 3 heteroatoms. The first-order valence-corrected chi connectivity index (χ1v) is 7.26. The van der Waals surface area contributed by atoms with E-state index >= 15 is 0 Å². The predicted molar refractivity (Wildman–Crippen MR) is 70.3 cm³/mol. The average molecular weight is 238 g/mol. The maximum Gasteiger partial charge on any atom is 0.0242 e. The van der Waals surface area contributed by atoms with E-state index in [4.69, 9.17) is 5.84 Å². The minimum atomic E-state index is 0.516. The van der Waals surface area contributed by atoms with Crippen LogP contribution in [0.1, 0.15) is 43.4 Å². The van der Waals surface area contributed by atoms with E-state index in [9.17, 15) is 0 Å². The number of hydrazine groups is 1. The molecule has 0 aliphatic heterocycles. The van der Waals surface area contributed by atoms with Gasteiger partial charge in [0.15, 0.2) is 0 Å². The third kappa shape index (κ3) is 3.30. The molecule has 90 valence electrons. The van der Waals surface area contributed by atoms with Gasteiger partial charge >= 0.3 is 0 Å². The SMILES string of the molecule is NNC(CCc1cccs1)C1CCCCC1. The van der Waals surface area contributed by atoms with Gasteiger partial charge in [0.1, 0.15) is 0 Å². The molecule has 0 spiro atoms. The van der Waals surface area contributed by atoms with Gasteiger partial charge < -0.3 is 0 Å². The molecular weight excluding hydrogens is 216 g/mol. The molecule has 3 N–H and O–H groups in total. The number of aryl methyl sites for hydroxylation is 1. The Morgan fingerprint density at radius 2 is 2.19 bits per heavy atom. The Labute approximate surface area is 102 Å². The third-order valence-electron chi connectivity index (χ3n) is 3.71. The first-order valence-electron chi connectivity index (χ1n) is 6.38. The number of thiophene rings is 1. The number of nitrogens with two attached hydrogens (primary N) is 1. The lowest BCUT2D eigenvalue weighted by molar-refractivity contribution is 0.260. The van der Waals surface area contributed by atoms with Crippen LogP contribution in [0.15, 0.2) is 17.5 Å². The second-order valence-electron chi connectivity index (χ2n) is 4.79. The Morgan fingerprint density at radius 3 is 2.81 bits per heavy atom. The van der Waals surface area contributed by atoms with Crippen LogP contribution in [-0.2, 0) is 6.42 Å². The van der Waals surface area contributed by atoms with Crippen LogP contribution in [0.3, 0.4) is 0 Å². The minimum absolute atomic E-state index is 0.516. The lowest BCUT2D eigenvalue weighted by Crippen LogP contribution is -2.41. The van der Waals surface area contributed by atoms with E-state index < -0.39 is 0 Å². The summed E-state index contributed by atoms with van der Waals surface area (Å²) in [6.45, 7) is 0. The summed E-state index contributed by atoms with van der Waals surface area (Å²) in [5.74, 6) is 6.50. The van der Waals surface area contributed by atoms with Crippen molar-refractivity contribution in [2.45, 2.75) is 51.0 Å². The highest BCUT2D eigenvalue weighted by molar-refractivity contribution is 7.09. The smallest absolute Gasteiger partial charge is 0.0242 e. The summed E-state index contributed by atoms with van der Waals surface area (Å²) in [7, 11) is 0. The van der Waals surface area contributed by atoms with Crippen LogP contribution in [-0.4, -0.2) is 6.04 Å². The number of nitrogens with one attached hydrogen (secondary N) is 1. The zero-order valence-corrected chi connectivity index (χ0v) is 10.6. The van der Waals surface area contributed by atoms with Crippen molar-refractivity contribution in [1.82, 2.24) is 5.43 Å². The van der Waals surface area contributed by atoms with E-state index in [0.717, 1.165) is 5.92 Å². The van der Waals surface area contributed by atoms with Crippen molar-refractivity contribution < 1.29 is 0 Å². The van der Waals surface area contributed by atoms with Crippen LogP contribution in [0.2, 0.25) is 0 Å². The number of rotatable bonds is 5. The van der Waals surface area contributed by atoms with Gasteiger partial charge in [-0.25, -0.2) is 0 Å². The molecule has 1 aromatic rings. The second-order valence-corrected chi connectivity index (χ2v) is 5.82. The topological polar surface area (TPSA) is 38.0 Å². The zero-order valence-electron chi connectivity index (χ0n) is 9.82. The van der Waals surface area contributed by atoms with Gasteiger partial charge in [-0.1, -0.05) is 25.3 Å². The molecule has 1 fully saturated rings. The van der Waals surface area contributed by atoms with Gasteiger partial charge in [0, 0.05) is 10.9 Å². The molecule has 0 bridgehead atoms. The number of hydrogen-bond donors (Lipinski definition) is 2. The Hall–Kier alpha value is -0.380. The molecule has 2 nitrogen and oxygen atoms in total. The van der Waals surface area contributed by atoms with Crippen molar-refractivity contribution in [1.29, 1.82) is 0 Å². The van der Waals surface area contributed by atoms with Crippen LogP contribution in [0.4, 0.5) is 0 Å². The third-order valence-corrected chi connectivity index (χ3v) is 4.65. The van der Waals surface area contributed by atoms with E-state index in [1.165, 1.54) is 49.8 Å². The molecule has 0 saturated heterocycles. The van der Waals surface area contributed by atoms with Gasteiger partial charge in [-0.05, 0) is 43.0 Å². The molecule has 1 heterocycles. The molecule has 1 aliphatic carbocycles. The Morgan fingerprint density at radius 1 is 1.38 bits per heavy atom. The van der Waals surface area contributed by atoms with Gasteiger partial charge in [-0.3, -0.25) is 11.3 Å². The number of hydrogen-bond acceptors (Lipinski definition) is 3. The average Bonchev–Trinajstić information content (AvgIpc) is 2.84. The molecule has 1 unspecified atom stereocenters. The standard InChI is InChI=1S/C13H22N2S/c14-15-13(11-5-2-1-3-6-11)9-8-12-7-4-10-16-12/h4,7,10-11,13,15H,1-3,5-6,8-9,14H2. The summed E-state index contributed by atoms with van der Waals surface area (Å²) >= 11 is 1.85. The van der Waals surface area contributed by atoms with Crippen LogP contribution in [0, 0.1) is 5.92 Å². The summed E-state index contributed by atoms with van der Waals surface area (Å²) in [5.41, 5.74) is 3.04. The van der Waals surface area contributed by atoms with Crippen LogP contribution in [0.5, 0.6) is 0 Å². The lowest BCUT2D eigenvalue weighted by atomic mass is 9.82. The van der Waals surface area contributed by atoms with E-state index in [2.05, 4.69) is 22.9 Å². The van der Waals surface area contributed by atoms with Gasteiger partial charge in [0.2, 0.25) is 0 Å². The Balaban J connectivity index is 1.80. The quantitative estimate of drug-likeness (QED) is 0.611. The van der Waals surface area contributed by atoms with Crippen molar-refractivity contribution in [2.75, 3.05) is 0 Å². The van der Waals surface area contributed by atoms with Gasteiger partial charge in [-0.2, -0.15) is 0 Å². The highest BCUT2D eigenvalue weighted by atomic mass is 32.1. The van der Waals surface area contributed by atoms with E-state index in [-0.39, 0.29) is 0 Å². The first kappa shape index (κ1) is 12.1. The lowest BCUT2D eigenvalue weighted by Gasteiger charge is -2.29. The molecule has 1 aromatic heterocycles. The van der Waals surface area contributed by atoms with Crippen molar-refractivity contribution in [2.24, 2.45) is 11.8 Å². The van der Waals surface area contributed by atoms with E-state index in [1.54, 1.807) is 0 Å². The molecule has 2 rings (SSSR count). The summed E-state index contributed by atoms with van der Waals surface area (Å²) in [6.07, 6.45) is 9.27. The first-order chi connectivity index (χ1) is 7.90. The van der Waals surface area contributed by atoms with Crippen molar-refractivity contribution in [3.8, 4) is 0 Å². The Bertz CT molecular complexity index is 278. The molecule has 0 aromatic carbocycles. The van der Waals surface area contributed by atoms with E-state index in [1.807, 2.05) is 11.3 Å². The maximum absolute atomic E-state index is 5.70. The molecule has 16 heavy (non-hydrogen) atoms.